The van der Waals surface area contributed by atoms with E-state index in [4.69, 9.17) is 0 Å². The Morgan fingerprint density at radius 3 is 2.56 bits per heavy atom. The predicted octanol–water partition coefficient (Wildman–Crippen LogP) is 6.19. The number of nitrogens with zero attached hydrogens (tertiary/aromatic N) is 2. The number of halogens is 1. The molecule has 0 N–H and O–H groups in total. The summed E-state index contributed by atoms with van der Waals surface area (Å²) in [5, 5.41) is 5.05. The summed E-state index contributed by atoms with van der Waals surface area (Å²) in [6.45, 7) is 2.11. The van der Waals surface area contributed by atoms with Gasteiger partial charge in [0.1, 0.15) is 10.8 Å². The summed E-state index contributed by atoms with van der Waals surface area (Å²) in [5.41, 5.74) is 5.11. The highest BCUT2D eigenvalue weighted by molar-refractivity contribution is 8.00. The van der Waals surface area contributed by atoms with Gasteiger partial charge in [-0.15, -0.1) is 11.3 Å². The van der Waals surface area contributed by atoms with Crippen molar-refractivity contribution in [1.29, 1.82) is 0 Å². The molecule has 1 heterocycles. The fourth-order valence-corrected chi connectivity index (χ4v) is 3.66. The molecule has 0 aliphatic heterocycles. The minimum Gasteiger partial charge on any atom is -0.253 e. The molecule has 0 radical (unpaired) electrons. The van der Waals surface area contributed by atoms with E-state index in [0.717, 1.165) is 21.8 Å². The van der Waals surface area contributed by atoms with Gasteiger partial charge in [-0.1, -0.05) is 48.3 Å². The van der Waals surface area contributed by atoms with E-state index in [1.54, 1.807) is 29.4 Å². The summed E-state index contributed by atoms with van der Waals surface area (Å²) in [6.07, 6.45) is 0. The Morgan fingerprint density at radius 2 is 1.88 bits per heavy atom. The average molecular weight is 371 g/mol. The summed E-state index contributed by atoms with van der Waals surface area (Å²) in [4.78, 5) is 4.65. The first-order chi connectivity index (χ1) is 12.0. The van der Waals surface area contributed by atoms with Crippen LogP contribution in [0.3, 0.4) is 0 Å². The molecule has 0 aliphatic rings. The molecule has 5 heteroatoms. The number of aromatic nitrogens is 1. The van der Waals surface area contributed by atoms with Crippen LogP contribution >= 0.6 is 23.3 Å². The second kappa shape index (κ2) is 7.95. The van der Waals surface area contributed by atoms with E-state index in [0.29, 0.717) is 0 Å². The Kier molecular flexibility index (Phi) is 5.68. The van der Waals surface area contributed by atoms with Gasteiger partial charge in [0.25, 0.3) is 0 Å². The highest BCUT2D eigenvalue weighted by Gasteiger charge is 2.08. The lowest BCUT2D eigenvalue weighted by Gasteiger charge is -2.06. The molecule has 1 aromatic heterocycles. The molecule has 0 fully saturated rings. The average Bonchev–Trinajstić information content (AvgIpc) is 3.10. The Balaban J connectivity index is 1.80. The van der Waals surface area contributed by atoms with Crippen LogP contribution in [-0.4, -0.2) is 23.4 Å². The minimum absolute atomic E-state index is 0.241. The molecule has 3 aromatic rings. The Labute approximate surface area is 156 Å². The van der Waals surface area contributed by atoms with Crippen LogP contribution in [0.1, 0.15) is 12.5 Å². The highest BCUT2D eigenvalue weighted by atomic mass is 32.2. The zero-order chi connectivity index (χ0) is 17.8. The first-order valence-corrected chi connectivity index (χ1v) is 9.58. The normalized spacial score (nSPS) is 12.0. The van der Waals surface area contributed by atoms with E-state index < -0.39 is 0 Å². The fraction of sp³-hybridized carbons (Fsp3) is 0.150. The quantitative estimate of drug-likeness (QED) is 0.498. The molecular formula is C20H19FN2S2. The maximum Gasteiger partial charge on any atom is 0.124 e. The number of allylic oxidation sites excluding steroid dienone is 1. The summed E-state index contributed by atoms with van der Waals surface area (Å²) in [7, 11) is 4.05. The lowest BCUT2D eigenvalue weighted by molar-refractivity contribution is 0.628. The van der Waals surface area contributed by atoms with E-state index in [-0.39, 0.29) is 5.82 Å². The van der Waals surface area contributed by atoms with Crippen molar-refractivity contribution < 1.29 is 4.39 Å². The second-order valence-electron chi connectivity index (χ2n) is 5.84. The maximum absolute atomic E-state index is 13.4. The van der Waals surface area contributed by atoms with Crippen LogP contribution in [0.4, 0.5) is 4.39 Å². The zero-order valence-electron chi connectivity index (χ0n) is 14.4. The number of hydrogen-bond donors (Lipinski definition) is 0. The van der Waals surface area contributed by atoms with E-state index >= 15 is 0 Å². The summed E-state index contributed by atoms with van der Waals surface area (Å²) in [6, 6.07) is 14.9. The van der Waals surface area contributed by atoms with Gasteiger partial charge in [0.15, 0.2) is 0 Å². The van der Waals surface area contributed by atoms with Crippen LogP contribution in [0, 0.1) is 5.82 Å². The molecule has 0 unspecified atom stereocenters. The van der Waals surface area contributed by atoms with Crippen LogP contribution in [0.2, 0.25) is 0 Å². The number of rotatable bonds is 5. The van der Waals surface area contributed by atoms with Crippen molar-refractivity contribution >= 4 is 28.9 Å². The predicted molar refractivity (Wildman–Crippen MR) is 108 cm³/mol. The second-order valence-corrected chi connectivity index (χ2v) is 7.88. The Morgan fingerprint density at radius 1 is 1.12 bits per heavy atom. The van der Waals surface area contributed by atoms with Crippen molar-refractivity contribution in [3.8, 4) is 21.8 Å². The van der Waals surface area contributed by atoms with E-state index in [1.807, 2.05) is 25.5 Å². The van der Waals surface area contributed by atoms with Gasteiger partial charge in [0.2, 0.25) is 0 Å². The summed E-state index contributed by atoms with van der Waals surface area (Å²) < 4.78 is 15.4. The third kappa shape index (κ3) is 4.57. The highest BCUT2D eigenvalue weighted by Crippen LogP contribution is 2.30. The summed E-state index contributed by atoms with van der Waals surface area (Å²) in [5.74, 6) is -0.241. The lowest BCUT2D eigenvalue weighted by atomic mass is 10.1. The number of hydrogen-bond acceptors (Lipinski definition) is 4. The first kappa shape index (κ1) is 17.9. The fourth-order valence-electron chi connectivity index (χ4n) is 2.31. The van der Waals surface area contributed by atoms with Crippen LogP contribution in [0.25, 0.3) is 27.4 Å². The molecule has 25 heavy (non-hydrogen) atoms. The van der Waals surface area contributed by atoms with E-state index in [1.165, 1.54) is 23.3 Å². The van der Waals surface area contributed by atoms with Crippen molar-refractivity contribution in [1.82, 2.24) is 9.29 Å². The number of benzene rings is 2. The topological polar surface area (TPSA) is 16.1 Å². The van der Waals surface area contributed by atoms with Crippen molar-refractivity contribution in [2.75, 3.05) is 14.1 Å². The monoisotopic (exact) mass is 370 g/mol. The third-order valence-corrected chi connectivity index (χ3v) is 5.42. The third-order valence-electron chi connectivity index (χ3n) is 3.65. The summed E-state index contributed by atoms with van der Waals surface area (Å²) >= 11 is 3.24. The Bertz CT molecular complexity index is 883. The minimum atomic E-state index is -0.241. The van der Waals surface area contributed by atoms with Crippen LogP contribution < -0.4 is 0 Å². The molecule has 0 aliphatic carbocycles. The van der Waals surface area contributed by atoms with Crippen molar-refractivity contribution in [3.63, 3.8) is 0 Å². The first-order valence-electron chi connectivity index (χ1n) is 7.86. The van der Waals surface area contributed by atoms with Crippen LogP contribution in [0.5, 0.6) is 0 Å². The molecule has 0 amide bonds. The molecule has 0 atom stereocenters. The largest absolute Gasteiger partial charge is 0.253 e. The van der Waals surface area contributed by atoms with Gasteiger partial charge < -0.3 is 0 Å². The molecule has 0 saturated carbocycles. The van der Waals surface area contributed by atoms with Gasteiger partial charge in [-0.05, 0) is 49.7 Å². The van der Waals surface area contributed by atoms with Crippen molar-refractivity contribution in [2.45, 2.75) is 6.92 Å². The smallest absolute Gasteiger partial charge is 0.124 e. The molecule has 2 aromatic carbocycles. The van der Waals surface area contributed by atoms with Gasteiger partial charge in [0.05, 0.1) is 5.69 Å². The van der Waals surface area contributed by atoms with Crippen LogP contribution in [0.15, 0.2) is 59.3 Å². The SMILES string of the molecule is C/C(=C\SN(C)C)c1ccc(-c2nc(-c3cccc(F)c3)cs2)cc1. The lowest BCUT2D eigenvalue weighted by Crippen LogP contribution is -1.96. The standard InChI is InChI=1S/C20H19FN2S2/c1-14(12-25-23(2)3)15-7-9-16(10-8-15)20-22-19(13-24-20)17-5-4-6-18(21)11-17/h4-13H,1-3H3/b14-12+. The Hall–Kier alpha value is -1.95. The molecule has 0 bridgehead atoms. The zero-order valence-corrected chi connectivity index (χ0v) is 16.0. The van der Waals surface area contributed by atoms with Gasteiger partial charge >= 0.3 is 0 Å². The van der Waals surface area contributed by atoms with Crippen molar-refractivity contribution in [2.24, 2.45) is 0 Å². The van der Waals surface area contributed by atoms with Crippen LogP contribution in [-0.2, 0) is 0 Å². The van der Waals surface area contributed by atoms with Gasteiger partial charge in [-0.2, -0.15) is 0 Å². The van der Waals surface area contributed by atoms with Gasteiger partial charge in [-0.3, -0.25) is 4.31 Å². The number of thiazole rings is 1. The molecule has 0 spiro atoms. The van der Waals surface area contributed by atoms with Gasteiger partial charge in [-0.25, -0.2) is 9.37 Å². The molecular weight excluding hydrogens is 351 g/mol. The molecule has 3 rings (SSSR count). The molecule has 2 nitrogen and oxygen atoms in total. The van der Waals surface area contributed by atoms with E-state index in [2.05, 4.69) is 45.9 Å². The maximum atomic E-state index is 13.4. The van der Waals surface area contributed by atoms with Crippen molar-refractivity contribution in [3.05, 3.63) is 70.7 Å². The molecule has 128 valence electrons. The van der Waals surface area contributed by atoms with Gasteiger partial charge in [0, 0.05) is 16.5 Å². The van der Waals surface area contributed by atoms with E-state index in [9.17, 15) is 4.39 Å². The molecule has 0 saturated heterocycles.